The van der Waals surface area contributed by atoms with Gasteiger partial charge in [0.05, 0.1) is 10.5 Å². The highest BCUT2D eigenvalue weighted by atomic mass is 19.2. The molecule has 2 aliphatic heterocycles. The molecule has 5 rings (SSSR count). The standard InChI is InChI=1S/C31H35F2N5O4/c1-35(30(39)27-19-25(38(41)42)17-22-5-2-3-6-26(22)27)20-23(21-7-8-28(32)29(33)18-21)9-14-36-15-10-24(11-16-36)37-13-4-12-34-31(37)40/h2-3,5-8,17-19,23-24H,4,9-16,20H2,1H3,(H,34,40). The zero-order valence-electron chi connectivity index (χ0n) is 23.6. The molecule has 0 aromatic heterocycles. The monoisotopic (exact) mass is 579 g/mol. The normalized spacial score (nSPS) is 17.2. The minimum absolute atomic E-state index is 0.00216. The molecule has 0 bridgehead atoms. The van der Waals surface area contributed by atoms with Crippen LogP contribution in [0.1, 0.15) is 47.5 Å². The van der Waals surface area contributed by atoms with Crippen molar-refractivity contribution in [1.29, 1.82) is 0 Å². The van der Waals surface area contributed by atoms with Crippen molar-refractivity contribution in [2.75, 3.05) is 46.3 Å². The van der Waals surface area contributed by atoms with Gasteiger partial charge in [-0.15, -0.1) is 0 Å². The summed E-state index contributed by atoms with van der Waals surface area (Å²) in [4.78, 5) is 42.7. The quantitative estimate of drug-likeness (QED) is 0.279. The number of non-ortho nitro benzene ring substituents is 1. The third kappa shape index (κ3) is 6.51. The number of fused-ring (bicyclic) bond motifs is 1. The van der Waals surface area contributed by atoms with Crippen LogP contribution in [0.4, 0.5) is 19.3 Å². The van der Waals surface area contributed by atoms with Crippen LogP contribution in [0, 0.1) is 21.7 Å². The Morgan fingerprint density at radius 2 is 1.86 bits per heavy atom. The molecule has 1 atom stereocenters. The number of nitro benzene ring substituents is 1. The Balaban J connectivity index is 1.30. The Morgan fingerprint density at radius 1 is 1.10 bits per heavy atom. The highest BCUT2D eigenvalue weighted by Crippen LogP contribution is 2.29. The fourth-order valence-electron chi connectivity index (χ4n) is 6.12. The molecule has 2 aliphatic rings. The molecule has 222 valence electrons. The molecule has 11 heteroatoms. The lowest BCUT2D eigenvalue weighted by Gasteiger charge is -2.40. The van der Waals surface area contributed by atoms with Crippen molar-refractivity contribution in [2.24, 2.45) is 0 Å². The van der Waals surface area contributed by atoms with E-state index in [9.17, 15) is 28.5 Å². The van der Waals surface area contributed by atoms with Gasteiger partial charge in [0.15, 0.2) is 11.6 Å². The average molecular weight is 580 g/mol. The number of hydrogen-bond donors (Lipinski definition) is 1. The van der Waals surface area contributed by atoms with Crippen LogP contribution in [0.25, 0.3) is 10.8 Å². The average Bonchev–Trinajstić information content (AvgIpc) is 3.00. The van der Waals surface area contributed by atoms with E-state index in [1.165, 1.54) is 23.1 Å². The maximum Gasteiger partial charge on any atom is 0.317 e. The van der Waals surface area contributed by atoms with Gasteiger partial charge in [-0.3, -0.25) is 14.9 Å². The second-order valence-electron chi connectivity index (χ2n) is 11.2. The maximum atomic E-state index is 14.3. The van der Waals surface area contributed by atoms with E-state index in [2.05, 4.69) is 10.2 Å². The highest BCUT2D eigenvalue weighted by molar-refractivity contribution is 6.08. The first-order valence-corrected chi connectivity index (χ1v) is 14.4. The lowest BCUT2D eigenvalue weighted by atomic mass is 9.93. The molecule has 3 aromatic rings. The first kappa shape index (κ1) is 29.4. The molecule has 3 aromatic carbocycles. The van der Waals surface area contributed by atoms with Gasteiger partial charge in [-0.2, -0.15) is 0 Å². The van der Waals surface area contributed by atoms with E-state index < -0.39 is 16.6 Å². The Hall–Kier alpha value is -4.12. The number of nitro groups is 1. The molecule has 0 saturated carbocycles. The van der Waals surface area contributed by atoms with Gasteiger partial charge in [0.2, 0.25) is 0 Å². The molecule has 42 heavy (non-hydrogen) atoms. The summed E-state index contributed by atoms with van der Waals surface area (Å²) in [5, 5.41) is 15.7. The number of likely N-dealkylation sites (N-methyl/N-ethyl adjacent to an activating group) is 1. The molecule has 1 N–H and O–H groups in total. The number of piperidine rings is 1. The molecule has 0 spiro atoms. The smallest absolute Gasteiger partial charge is 0.317 e. The molecular formula is C31H35F2N5O4. The number of likely N-dealkylation sites (tertiary alicyclic amines) is 1. The zero-order chi connectivity index (χ0) is 29.8. The number of amides is 3. The van der Waals surface area contributed by atoms with Crippen LogP contribution in [0.15, 0.2) is 54.6 Å². The van der Waals surface area contributed by atoms with E-state index >= 15 is 0 Å². The van der Waals surface area contributed by atoms with Crippen LogP contribution in [0.5, 0.6) is 0 Å². The third-order valence-corrected chi connectivity index (χ3v) is 8.45. The molecule has 0 aliphatic carbocycles. The van der Waals surface area contributed by atoms with Gasteiger partial charge in [-0.25, -0.2) is 13.6 Å². The number of rotatable bonds is 9. The minimum atomic E-state index is -0.947. The van der Waals surface area contributed by atoms with Gasteiger partial charge in [0.25, 0.3) is 11.6 Å². The topological polar surface area (TPSA) is 99.0 Å². The Morgan fingerprint density at radius 3 is 2.57 bits per heavy atom. The minimum Gasteiger partial charge on any atom is -0.341 e. The van der Waals surface area contributed by atoms with Gasteiger partial charge in [-0.05, 0) is 60.7 Å². The second kappa shape index (κ2) is 12.8. The second-order valence-corrected chi connectivity index (χ2v) is 11.2. The number of nitrogens with one attached hydrogen (secondary N) is 1. The van der Waals surface area contributed by atoms with Crippen molar-refractivity contribution in [1.82, 2.24) is 20.0 Å². The van der Waals surface area contributed by atoms with E-state index in [4.69, 9.17) is 0 Å². The number of halogens is 2. The van der Waals surface area contributed by atoms with Crippen LogP contribution < -0.4 is 5.32 Å². The summed E-state index contributed by atoms with van der Waals surface area (Å²) in [5.41, 5.74) is 0.625. The first-order valence-electron chi connectivity index (χ1n) is 14.4. The number of carbonyl (C=O) groups is 2. The number of nitrogens with zero attached hydrogens (tertiary/aromatic N) is 4. The molecule has 0 radical (unpaired) electrons. The largest absolute Gasteiger partial charge is 0.341 e. The lowest BCUT2D eigenvalue weighted by molar-refractivity contribution is -0.384. The van der Waals surface area contributed by atoms with E-state index in [0.29, 0.717) is 35.8 Å². The van der Waals surface area contributed by atoms with Crippen molar-refractivity contribution in [3.05, 3.63) is 87.5 Å². The summed E-state index contributed by atoms with van der Waals surface area (Å²) in [6, 6.07) is 13.8. The van der Waals surface area contributed by atoms with Crippen molar-refractivity contribution in [3.63, 3.8) is 0 Å². The molecule has 1 unspecified atom stereocenters. The van der Waals surface area contributed by atoms with Gasteiger partial charge in [-0.1, -0.05) is 30.3 Å². The number of hydrogen-bond acceptors (Lipinski definition) is 5. The SMILES string of the molecule is CN(CC(CCN1CCC(N2CCCNC2=O)CC1)c1ccc(F)c(F)c1)C(=O)c1cc([N+](=O)[O-])cc2ccccc12. The highest BCUT2D eigenvalue weighted by Gasteiger charge is 2.30. The van der Waals surface area contributed by atoms with Gasteiger partial charge >= 0.3 is 6.03 Å². The number of urea groups is 1. The Bertz CT molecular complexity index is 1480. The molecule has 9 nitrogen and oxygen atoms in total. The molecule has 2 fully saturated rings. The first-order chi connectivity index (χ1) is 20.2. The van der Waals surface area contributed by atoms with E-state index in [0.717, 1.165) is 45.0 Å². The predicted octanol–water partition coefficient (Wildman–Crippen LogP) is 5.15. The Labute approximate surface area is 243 Å². The van der Waals surface area contributed by atoms with Crippen molar-refractivity contribution in [3.8, 4) is 0 Å². The molecule has 3 amide bonds. The van der Waals surface area contributed by atoms with Crippen LogP contribution in [0.2, 0.25) is 0 Å². The summed E-state index contributed by atoms with van der Waals surface area (Å²) in [7, 11) is 1.62. The third-order valence-electron chi connectivity index (χ3n) is 8.45. The van der Waals surface area contributed by atoms with Crippen LogP contribution >= 0.6 is 0 Å². The van der Waals surface area contributed by atoms with Crippen molar-refractivity contribution in [2.45, 2.75) is 37.6 Å². The maximum absolute atomic E-state index is 14.3. The number of carbonyl (C=O) groups excluding carboxylic acids is 2. The summed E-state index contributed by atoms with van der Waals surface area (Å²) in [6.07, 6.45) is 3.26. The van der Waals surface area contributed by atoms with Gasteiger partial charge in [0, 0.05) is 63.9 Å². The van der Waals surface area contributed by atoms with Crippen LogP contribution in [-0.4, -0.2) is 83.9 Å². The van der Waals surface area contributed by atoms with Gasteiger partial charge in [0.1, 0.15) is 0 Å². The van der Waals surface area contributed by atoms with Crippen LogP contribution in [0.3, 0.4) is 0 Å². The summed E-state index contributed by atoms with van der Waals surface area (Å²) in [5.74, 6) is -2.57. The molecule has 2 heterocycles. The van der Waals surface area contributed by atoms with E-state index in [-0.39, 0.29) is 41.7 Å². The summed E-state index contributed by atoms with van der Waals surface area (Å²) < 4.78 is 28.1. The van der Waals surface area contributed by atoms with Gasteiger partial charge < -0.3 is 20.0 Å². The molecule has 2 saturated heterocycles. The zero-order valence-corrected chi connectivity index (χ0v) is 23.6. The van der Waals surface area contributed by atoms with E-state index in [1.54, 1.807) is 37.4 Å². The molecular weight excluding hydrogens is 544 g/mol. The van der Waals surface area contributed by atoms with E-state index in [1.807, 2.05) is 4.90 Å². The predicted molar refractivity (Wildman–Crippen MR) is 155 cm³/mol. The van der Waals surface area contributed by atoms with Crippen LogP contribution in [-0.2, 0) is 0 Å². The summed E-state index contributed by atoms with van der Waals surface area (Å²) >= 11 is 0. The van der Waals surface area contributed by atoms with Crippen molar-refractivity contribution < 1.29 is 23.3 Å². The number of benzene rings is 3. The fraction of sp³-hybridized carbons (Fsp3) is 0.419. The fourth-order valence-corrected chi connectivity index (χ4v) is 6.12. The van der Waals surface area contributed by atoms with Crippen molar-refractivity contribution >= 4 is 28.4 Å². The summed E-state index contributed by atoms with van der Waals surface area (Å²) in [6.45, 7) is 4.01. The lowest BCUT2D eigenvalue weighted by Crippen LogP contribution is -2.54. The Kier molecular flexibility index (Phi) is 8.96.